The molecule has 2 rings (SSSR count). The van der Waals surface area contributed by atoms with Gasteiger partial charge in [-0.2, -0.15) is 14.9 Å². The van der Waals surface area contributed by atoms with Crippen molar-refractivity contribution in [2.24, 2.45) is 7.05 Å². The predicted octanol–water partition coefficient (Wildman–Crippen LogP) is 1.80. The number of hydrogen-bond acceptors (Lipinski definition) is 4. The molecule has 0 aromatic carbocycles. The average molecular weight is 275 g/mol. The highest BCUT2D eigenvalue weighted by Crippen LogP contribution is 2.24. The van der Waals surface area contributed by atoms with E-state index in [-0.39, 0.29) is 11.3 Å². The van der Waals surface area contributed by atoms with Crippen molar-refractivity contribution in [3.8, 4) is 0 Å². The van der Waals surface area contributed by atoms with Crippen molar-refractivity contribution in [1.29, 1.82) is 0 Å². The first-order valence-corrected chi connectivity index (χ1v) is 6.54. The van der Waals surface area contributed by atoms with Crippen LogP contribution in [0, 0.1) is 13.8 Å². The molecule has 0 bridgehead atoms. The fourth-order valence-corrected chi connectivity index (χ4v) is 2.11. The molecule has 108 valence electrons. The fourth-order valence-electron chi connectivity index (χ4n) is 2.11. The van der Waals surface area contributed by atoms with Crippen molar-refractivity contribution in [2.45, 2.75) is 40.0 Å². The fraction of sp³-hybridized carbons (Fsp3) is 0.500. The van der Waals surface area contributed by atoms with E-state index in [2.05, 4.69) is 10.2 Å². The standard InChI is InChI=1S/C14H21N5O/c1-8-12(9(2)18(6)16-8)13(20)19-11(15)7-10(17-19)14(3,4)5/h7H,15H2,1-6H3. The van der Waals surface area contributed by atoms with Gasteiger partial charge in [0.15, 0.2) is 0 Å². The molecule has 0 radical (unpaired) electrons. The highest BCUT2D eigenvalue weighted by Gasteiger charge is 2.25. The van der Waals surface area contributed by atoms with Crippen LogP contribution in [0.2, 0.25) is 0 Å². The Kier molecular flexibility index (Phi) is 3.20. The Balaban J connectivity index is 2.52. The lowest BCUT2D eigenvalue weighted by Crippen LogP contribution is -2.19. The van der Waals surface area contributed by atoms with Crippen molar-refractivity contribution in [2.75, 3.05) is 5.73 Å². The lowest BCUT2D eigenvalue weighted by Gasteiger charge is -2.13. The third-order valence-electron chi connectivity index (χ3n) is 3.42. The summed E-state index contributed by atoms with van der Waals surface area (Å²) in [5.74, 6) is 0.115. The van der Waals surface area contributed by atoms with Gasteiger partial charge in [0.25, 0.3) is 5.91 Å². The minimum atomic E-state index is -0.235. The summed E-state index contributed by atoms with van der Waals surface area (Å²) in [6.07, 6.45) is 0. The molecule has 20 heavy (non-hydrogen) atoms. The van der Waals surface area contributed by atoms with Crippen LogP contribution in [-0.4, -0.2) is 25.5 Å². The number of nitrogen functional groups attached to an aromatic ring is 1. The van der Waals surface area contributed by atoms with Gasteiger partial charge in [0.2, 0.25) is 0 Å². The molecule has 6 nitrogen and oxygen atoms in total. The summed E-state index contributed by atoms with van der Waals surface area (Å²) >= 11 is 0. The molecule has 0 fully saturated rings. The number of anilines is 1. The summed E-state index contributed by atoms with van der Waals surface area (Å²) in [7, 11) is 1.81. The quantitative estimate of drug-likeness (QED) is 0.860. The molecular formula is C14H21N5O. The van der Waals surface area contributed by atoms with Crippen LogP contribution >= 0.6 is 0 Å². The minimum absolute atomic E-state index is 0.154. The van der Waals surface area contributed by atoms with E-state index in [4.69, 9.17) is 5.73 Å². The van der Waals surface area contributed by atoms with E-state index in [0.29, 0.717) is 17.1 Å². The molecule has 0 aliphatic carbocycles. The number of carbonyl (C=O) groups excluding carboxylic acids is 1. The van der Waals surface area contributed by atoms with Gasteiger partial charge >= 0.3 is 0 Å². The van der Waals surface area contributed by atoms with E-state index < -0.39 is 0 Å². The van der Waals surface area contributed by atoms with Gasteiger partial charge in [-0.1, -0.05) is 20.8 Å². The SMILES string of the molecule is Cc1nn(C)c(C)c1C(=O)n1nc(C(C)(C)C)cc1N. The van der Waals surface area contributed by atoms with Crippen molar-refractivity contribution < 1.29 is 4.79 Å². The maximum absolute atomic E-state index is 12.6. The van der Waals surface area contributed by atoms with Crippen molar-refractivity contribution in [1.82, 2.24) is 19.6 Å². The number of aryl methyl sites for hydroxylation is 2. The first-order valence-electron chi connectivity index (χ1n) is 6.54. The Labute approximate surface area is 118 Å². The molecule has 0 unspecified atom stereocenters. The van der Waals surface area contributed by atoms with Gasteiger partial charge in [-0.3, -0.25) is 9.48 Å². The molecule has 2 heterocycles. The first-order chi connectivity index (χ1) is 9.12. The van der Waals surface area contributed by atoms with Crippen LogP contribution in [-0.2, 0) is 12.5 Å². The van der Waals surface area contributed by atoms with E-state index in [9.17, 15) is 4.79 Å². The lowest BCUT2D eigenvalue weighted by atomic mass is 9.92. The largest absolute Gasteiger partial charge is 0.383 e. The molecule has 0 saturated heterocycles. The number of nitrogens with zero attached hydrogens (tertiary/aromatic N) is 4. The summed E-state index contributed by atoms with van der Waals surface area (Å²) in [4.78, 5) is 12.6. The highest BCUT2D eigenvalue weighted by atomic mass is 16.2. The van der Waals surface area contributed by atoms with E-state index in [0.717, 1.165) is 11.4 Å². The number of rotatable bonds is 1. The first kappa shape index (κ1) is 14.3. The second kappa shape index (κ2) is 4.47. The monoisotopic (exact) mass is 275 g/mol. The predicted molar refractivity (Wildman–Crippen MR) is 77.7 cm³/mol. The van der Waals surface area contributed by atoms with Crippen LogP contribution < -0.4 is 5.73 Å². The molecule has 2 N–H and O–H groups in total. The Morgan fingerprint density at radius 2 is 1.85 bits per heavy atom. The molecule has 0 atom stereocenters. The van der Waals surface area contributed by atoms with Gasteiger partial charge in [0.1, 0.15) is 5.82 Å². The third kappa shape index (κ3) is 2.21. The van der Waals surface area contributed by atoms with Gasteiger partial charge in [-0.15, -0.1) is 0 Å². The maximum atomic E-state index is 12.6. The molecule has 0 amide bonds. The van der Waals surface area contributed by atoms with Crippen LogP contribution in [0.25, 0.3) is 0 Å². The Hall–Kier alpha value is -2.11. The second-order valence-corrected chi connectivity index (χ2v) is 6.09. The zero-order valence-electron chi connectivity index (χ0n) is 12.9. The van der Waals surface area contributed by atoms with Crippen LogP contribution in [0.3, 0.4) is 0 Å². The van der Waals surface area contributed by atoms with Gasteiger partial charge in [-0.05, 0) is 13.8 Å². The maximum Gasteiger partial charge on any atom is 0.283 e. The van der Waals surface area contributed by atoms with Crippen LogP contribution in [0.15, 0.2) is 6.07 Å². The van der Waals surface area contributed by atoms with Gasteiger partial charge in [0.05, 0.1) is 17.0 Å². The van der Waals surface area contributed by atoms with E-state index in [1.807, 2.05) is 41.7 Å². The van der Waals surface area contributed by atoms with E-state index >= 15 is 0 Å². The Bertz CT molecular complexity index is 673. The Morgan fingerprint density at radius 3 is 2.25 bits per heavy atom. The number of nitrogens with two attached hydrogens (primary N) is 1. The normalized spacial score (nSPS) is 11.9. The summed E-state index contributed by atoms with van der Waals surface area (Å²) in [6, 6.07) is 1.75. The molecule has 0 spiro atoms. The third-order valence-corrected chi connectivity index (χ3v) is 3.42. The molecule has 0 aliphatic heterocycles. The number of hydrogen-bond donors (Lipinski definition) is 1. The van der Waals surface area contributed by atoms with Crippen molar-refractivity contribution in [3.05, 3.63) is 28.7 Å². The average Bonchev–Trinajstić information content (AvgIpc) is 2.80. The van der Waals surface area contributed by atoms with Crippen molar-refractivity contribution in [3.63, 3.8) is 0 Å². The highest BCUT2D eigenvalue weighted by molar-refractivity contribution is 5.99. The molecule has 2 aromatic rings. The smallest absolute Gasteiger partial charge is 0.283 e. The summed E-state index contributed by atoms with van der Waals surface area (Å²) in [5, 5.41) is 8.61. The van der Waals surface area contributed by atoms with Crippen LogP contribution in [0.5, 0.6) is 0 Å². The van der Waals surface area contributed by atoms with Crippen molar-refractivity contribution >= 4 is 11.7 Å². The lowest BCUT2D eigenvalue weighted by molar-refractivity contribution is 0.0945. The van der Waals surface area contributed by atoms with E-state index in [1.54, 1.807) is 10.7 Å². The molecule has 2 aromatic heterocycles. The van der Waals surface area contributed by atoms with Crippen LogP contribution in [0.4, 0.5) is 5.82 Å². The topological polar surface area (TPSA) is 78.7 Å². The molecular weight excluding hydrogens is 254 g/mol. The minimum Gasteiger partial charge on any atom is -0.383 e. The summed E-state index contributed by atoms with van der Waals surface area (Å²) < 4.78 is 2.95. The zero-order valence-corrected chi connectivity index (χ0v) is 12.9. The number of aromatic nitrogens is 4. The molecule has 6 heteroatoms. The van der Waals surface area contributed by atoms with E-state index in [1.165, 1.54) is 4.68 Å². The molecule has 0 saturated carbocycles. The zero-order chi connectivity index (χ0) is 15.2. The summed E-state index contributed by atoms with van der Waals surface area (Å²) in [6.45, 7) is 9.76. The second-order valence-electron chi connectivity index (χ2n) is 6.09. The number of carbonyl (C=O) groups is 1. The molecule has 0 aliphatic rings. The van der Waals surface area contributed by atoms with Gasteiger partial charge in [-0.25, -0.2) is 0 Å². The summed E-state index contributed by atoms with van der Waals surface area (Å²) in [5.41, 5.74) is 8.62. The van der Waals surface area contributed by atoms with Gasteiger partial charge in [0, 0.05) is 24.2 Å². The Morgan fingerprint density at radius 1 is 1.25 bits per heavy atom. The van der Waals surface area contributed by atoms with Gasteiger partial charge < -0.3 is 5.73 Å². The van der Waals surface area contributed by atoms with Crippen LogP contribution in [0.1, 0.15) is 48.2 Å².